The molecule has 3 aromatic carbocycles. The average molecular weight is 673 g/mol. The molecular weight excluding hydrogens is 640 g/mol. The molecule has 3 rings (SSSR count). The van der Waals surface area contributed by atoms with E-state index < -0.39 is 28.5 Å². The molecule has 1 N–H and O–H groups in total. The largest absolute Gasteiger partial charge is 0.354 e. The van der Waals surface area contributed by atoms with Gasteiger partial charge in [-0.2, -0.15) is 0 Å². The molecule has 0 fully saturated rings. The Labute approximate surface area is 267 Å². The molecule has 0 aliphatic rings. The number of nitrogens with zero attached hydrogens (tertiary/aromatic N) is 2. The van der Waals surface area contributed by atoms with Crippen molar-refractivity contribution in [2.75, 3.05) is 17.4 Å². The Balaban J connectivity index is 2.10. The SMILES string of the molecule is CCCCNC(=O)C(CC)N(Cc1ccc(Cl)cc1Cl)C(=O)CN(c1cc(Cl)ccc1Cl)S(=O)(=O)c1ccc(C)cc1. The lowest BCUT2D eigenvalue weighted by Gasteiger charge is -2.33. The fourth-order valence-corrected chi connectivity index (χ4v) is 6.62. The van der Waals surface area contributed by atoms with E-state index in [0.29, 0.717) is 22.2 Å². The summed E-state index contributed by atoms with van der Waals surface area (Å²) in [6.45, 7) is 5.36. The fraction of sp³-hybridized carbons (Fsp3) is 0.333. The van der Waals surface area contributed by atoms with Crippen LogP contribution in [-0.4, -0.2) is 44.3 Å². The van der Waals surface area contributed by atoms with Crippen molar-refractivity contribution in [1.29, 1.82) is 0 Å². The highest BCUT2D eigenvalue weighted by molar-refractivity contribution is 7.92. The summed E-state index contributed by atoms with van der Waals surface area (Å²) in [5.74, 6) is -0.983. The zero-order valence-electron chi connectivity index (χ0n) is 23.5. The molecule has 7 nitrogen and oxygen atoms in total. The maximum atomic E-state index is 14.2. The predicted molar refractivity (Wildman–Crippen MR) is 171 cm³/mol. The van der Waals surface area contributed by atoms with Gasteiger partial charge in [-0.1, -0.05) is 90.4 Å². The van der Waals surface area contributed by atoms with Crippen LogP contribution in [0, 0.1) is 6.92 Å². The zero-order valence-corrected chi connectivity index (χ0v) is 27.4. The first-order chi connectivity index (χ1) is 19.9. The van der Waals surface area contributed by atoms with Crippen LogP contribution < -0.4 is 9.62 Å². The maximum absolute atomic E-state index is 14.2. The summed E-state index contributed by atoms with van der Waals surface area (Å²) >= 11 is 25.2. The molecule has 2 amide bonds. The Morgan fingerprint density at radius 2 is 1.52 bits per heavy atom. The molecule has 1 unspecified atom stereocenters. The number of halogens is 4. The molecule has 226 valence electrons. The van der Waals surface area contributed by atoms with Crippen molar-refractivity contribution in [3.63, 3.8) is 0 Å². The first-order valence-corrected chi connectivity index (χ1v) is 16.4. The lowest BCUT2D eigenvalue weighted by Crippen LogP contribution is -2.52. The van der Waals surface area contributed by atoms with E-state index in [1.807, 2.05) is 13.8 Å². The van der Waals surface area contributed by atoms with E-state index in [1.54, 1.807) is 37.3 Å². The van der Waals surface area contributed by atoms with Gasteiger partial charge in [-0.3, -0.25) is 13.9 Å². The van der Waals surface area contributed by atoms with Crippen LogP contribution >= 0.6 is 46.4 Å². The van der Waals surface area contributed by atoms with E-state index in [-0.39, 0.29) is 39.5 Å². The van der Waals surface area contributed by atoms with Gasteiger partial charge in [0.1, 0.15) is 12.6 Å². The smallest absolute Gasteiger partial charge is 0.264 e. The number of unbranched alkanes of at least 4 members (excludes halogenated alkanes) is 1. The molecule has 0 spiro atoms. The van der Waals surface area contributed by atoms with E-state index in [2.05, 4.69) is 5.32 Å². The van der Waals surface area contributed by atoms with Crippen LogP contribution in [0.2, 0.25) is 20.1 Å². The molecule has 0 bridgehead atoms. The summed E-state index contributed by atoms with van der Waals surface area (Å²) in [6.07, 6.45) is 1.93. The Hall–Kier alpha value is -2.49. The van der Waals surface area contributed by atoms with Gasteiger partial charge in [0.15, 0.2) is 0 Å². The minimum atomic E-state index is -4.30. The number of sulfonamides is 1. The normalized spacial score (nSPS) is 12.1. The molecule has 1 atom stereocenters. The Morgan fingerprint density at radius 1 is 0.881 bits per heavy atom. The number of nitrogens with one attached hydrogen (secondary N) is 1. The van der Waals surface area contributed by atoms with Crippen molar-refractivity contribution >= 4 is 73.9 Å². The van der Waals surface area contributed by atoms with Gasteiger partial charge in [0.2, 0.25) is 11.8 Å². The van der Waals surface area contributed by atoms with E-state index in [4.69, 9.17) is 46.4 Å². The van der Waals surface area contributed by atoms with Crippen molar-refractivity contribution in [1.82, 2.24) is 10.2 Å². The quantitative estimate of drug-likeness (QED) is 0.190. The van der Waals surface area contributed by atoms with E-state index >= 15 is 0 Å². The van der Waals surface area contributed by atoms with Gasteiger partial charge < -0.3 is 10.2 Å². The van der Waals surface area contributed by atoms with Crippen LogP contribution in [0.25, 0.3) is 0 Å². The van der Waals surface area contributed by atoms with Gasteiger partial charge >= 0.3 is 0 Å². The minimum Gasteiger partial charge on any atom is -0.354 e. The van der Waals surface area contributed by atoms with Crippen molar-refractivity contribution in [3.8, 4) is 0 Å². The third-order valence-corrected chi connectivity index (χ3v) is 9.55. The van der Waals surface area contributed by atoms with Gasteiger partial charge in [0, 0.05) is 28.2 Å². The Kier molecular flexibility index (Phi) is 12.4. The summed E-state index contributed by atoms with van der Waals surface area (Å²) in [5.41, 5.74) is 1.44. The summed E-state index contributed by atoms with van der Waals surface area (Å²) in [6, 6.07) is 14.6. The molecular formula is C30H33Cl4N3O4S. The summed E-state index contributed by atoms with van der Waals surface area (Å²) in [4.78, 5) is 28.8. The predicted octanol–water partition coefficient (Wildman–Crippen LogP) is 7.53. The summed E-state index contributed by atoms with van der Waals surface area (Å²) < 4.78 is 28.9. The van der Waals surface area contributed by atoms with E-state index in [9.17, 15) is 18.0 Å². The van der Waals surface area contributed by atoms with Crippen LogP contribution in [0.4, 0.5) is 5.69 Å². The minimum absolute atomic E-state index is 0.0306. The number of carbonyl (C=O) groups excluding carboxylic acids is 2. The number of amides is 2. The highest BCUT2D eigenvalue weighted by Gasteiger charge is 2.34. The summed E-state index contributed by atoms with van der Waals surface area (Å²) in [7, 11) is -4.30. The van der Waals surface area contributed by atoms with Gasteiger partial charge in [0.05, 0.1) is 15.6 Å². The highest BCUT2D eigenvalue weighted by atomic mass is 35.5. The number of aryl methyl sites for hydroxylation is 1. The van der Waals surface area contributed by atoms with Crippen molar-refractivity contribution in [2.24, 2.45) is 0 Å². The average Bonchev–Trinajstić information content (AvgIpc) is 2.94. The number of anilines is 1. The van der Waals surface area contributed by atoms with E-state index in [1.165, 1.54) is 35.2 Å². The lowest BCUT2D eigenvalue weighted by atomic mass is 10.1. The molecule has 0 saturated carbocycles. The van der Waals surface area contributed by atoms with Gasteiger partial charge in [-0.05, 0) is 67.8 Å². The third kappa shape index (κ3) is 8.54. The molecule has 12 heteroatoms. The summed E-state index contributed by atoms with van der Waals surface area (Å²) in [5, 5.41) is 3.92. The lowest BCUT2D eigenvalue weighted by molar-refractivity contribution is -0.140. The Bertz CT molecular complexity index is 1520. The monoisotopic (exact) mass is 671 g/mol. The molecule has 0 saturated heterocycles. The van der Waals surface area contributed by atoms with Crippen LogP contribution in [0.3, 0.4) is 0 Å². The van der Waals surface area contributed by atoms with Gasteiger partial charge in [-0.15, -0.1) is 0 Å². The second kappa shape index (κ2) is 15.3. The maximum Gasteiger partial charge on any atom is 0.264 e. The van der Waals surface area contributed by atoms with Crippen LogP contribution in [0.5, 0.6) is 0 Å². The fourth-order valence-electron chi connectivity index (χ4n) is 4.29. The number of hydrogen-bond acceptors (Lipinski definition) is 4. The van der Waals surface area contributed by atoms with Crippen LogP contribution in [-0.2, 0) is 26.2 Å². The van der Waals surface area contributed by atoms with Gasteiger partial charge in [0.25, 0.3) is 10.0 Å². The molecule has 0 heterocycles. The standard InChI is InChI=1S/C30H33Cl4N3O4S/c1-4-6-15-35-30(39)27(5-2)36(18-21-9-10-22(31)16-26(21)34)29(38)19-37(28-17-23(32)11-14-25(28)33)42(40,41)24-12-7-20(3)8-13-24/h7-14,16-17,27H,4-6,15,18-19H2,1-3H3,(H,35,39). The topological polar surface area (TPSA) is 86.8 Å². The van der Waals surface area contributed by atoms with Gasteiger partial charge in [-0.25, -0.2) is 8.42 Å². The molecule has 0 aliphatic carbocycles. The van der Waals surface area contributed by atoms with E-state index in [0.717, 1.165) is 22.7 Å². The number of carbonyl (C=O) groups is 2. The number of benzene rings is 3. The number of hydrogen-bond donors (Lipinski definition) is 1. The molecule has 3 aromatic rings. The zero-order chi connectivity index (χ0) is 31.0. The van der Waals surface area contributed by atoms with Crippen LogP contribution in [0.15, 0.2) is 65.6 Å². The first-order valence-electron chi connectivity index (χ1n) is 13.4. The van der Waals surface area contributed by atoms with Crippen molar-refractivity contribution < 1.29 is 18.0 Å². The molecule has 42 heavy (non-hydrogen) atoms. The second-order valence-electron chi connectivity index (χ2n) is 9.75. The molecule has 0 aliphatic heterocycles. The molecule has 0 radical (unpaired) electrons. The highest BCUT2D eigenvalue weighted by Crippen LogP contribution is 2.33. The first kappa shape index (κ1) is 34.0. The van der Waals surface area contributed by atoms with Crippen molar-refractivity contribution in [3.05, 3.63) is 91.9 Å². The third-order valence-electron chi connectivity index (χ3n) is 6.64. The van der Waals surface area contributed by atoms with Crippen LogP contribution in [0.1, 0.15) is 44.2 Å². The number of rotatable bonds is 13. The Morgan fingerprint density at radius 3 is 2.14 bits per heavy atom. The van der Waals surface area contributed by atoms with Crippen molar-refractivity contribution in [2.45, 2.75) is 57.5 Å². The second-order valence-corrected chi connectivity index (χ2v) is 13.3. The molecule has 0 aromatic heterocycles.